The van der Waals surface area contributed by atoms with Crippen molar-refractivity contribution >= 4 is 0 Å². The van der Waals surface area contributed by atoms with Gasteiger partial charge in [-0.1, -0.05) is 51.1 Å². The first-order valence-corrected chi connectivity index (χ1v) is 6.19. The van der Waals surface area contributed by atoms with Crippen LogP contribution in [0.5, 0.6) is 0 Å². The second-order valence-electron chi connectivity index (χ2n) is 5.65. The molecule has 1 heterocycles. The number of benzene rings is 1. The zero-order valence-electron chi connectivity index (χ0n) is 11.1. The van der Waals surface area contributed by atoms with E-state index in [0.717, 1.165) is 17.2 Å². The summed E-state index contributed by atoms with van der Waals surface area (Å²) in [5.74, 6) is 1.57. The summed E-state index contributed by atoms with van der Waals surface area (Å²) in [5, 5.41) is 7.20. The maximum atomic E-state index is 6.14. The number of H-pyrrole nitrogens is 1. The SMILES string of the molecule is CC(C)(C)C(N)Cc1nc(-c2ccccc2)n[nH]1. The molecule has 18 heavy (non-hydrogen) atoms. The lowest BCUT2D eigenvalue weighted by molar-refractivity contribution is 0.315. The molecule has 1 aromatic carbocycles. The van der Waals surface area contributed by atoms with Gasteiger partial charge in [-0.05, 0) is 5.41 Å². The maximum absolute atomic E-state index is 6.14. The summed E-state index contributed by atoms with van der Waals surface area (Å²) in [4.78, 5) is 4.49. The van der Waals surface area contributed by atoms with Gasteiger partial charge in [0.2, 0.25) is 0 Å². The van der Waals surface area contributed by atoms with E-state index in [1.807, 2.05) is 30.3 Å². The first kappa shape index (κ1) is 12.8. The Morgan fingerprint density at radius 1 is 1.22 bits per heavy atom. The lowest BCUT2D eigenvalue weighted by Crippen LogP contribution is -2.37. The van der Waals surface area contributed by atoms with Gasteiger partial charge in [-0.15, -0.1) is 0 Å². The zero-order chi connectivity index (χ0) is 13.2. The summed E-state index contributed by atoms with van der Waals surface area (Å²) in [5.41, 5.74) is 7.23. The molecule has 4 heteroatoms. The molecule has 4 nitrogen and oxygen atoms in total. The van der Waals surface area contributed by atoms with Crippen molar-refractivity contribution in [2.24, 2.45) is 11.1 Å². The third-order valence-corrected chi connectivity index (χ3v) is 3.09. The Balaban J connectivity index is 2.12. The van der Waals surface area contributed by atoms with Gasteiger partial charge in [-0.3, -0.25) is 5.10 Å². The van der Waals surface area contributed by atoms with Crippen LogP contribution in [0.1, 0.15) is 26.6 Å². The van der Waals surface area contributed by atoms with Gasteiger partial charge >= 0.3 is 0 Å². The number of rotatable bonds is 3. The highest BCUT2D eigenvalue weighted by Crippen LogP contribution is 2.20. The fourth-order valence-electron chi connectivity index (χ4n) is 1.62. The topological polar surface area (TPSA) is 67.6 Å². The molecule has 0 saturated heterocycles. The Hall–Kier alpha value is -1.68. The van der Waals surface area contributed by atoms with Crippen LogP contribution < -0.4 is 5.73 Å². The summed E-state index contributed by atoms with van der Waals surface area (Å²) < 4.78 is 0. The van der Waals surface area contributed by atoms with Gasteiger partial charge in [-0.25, -0.2) is 4.98 Å². The zero-order valence-corrected chi connectivity index (χ0v) is 11.1. The van der Waals surface area contributed by atoms with Gasteiger partial charge < -0.3 is 5.73 Å². The number of aromatic nitrogens is 3. The lowest BCUT2D eigenvalue weighted by atomic mass is 9.85. The molecule has 1 atom stereocenters. The summed E-state index contributed by atoms with van der Waals surface area (Å²) in [6.07, 6.45) is 0.712. The molecule has 1 unspecified atom stereocenters. The molecule has 2 aromatic rings. The van der Waals surface area contributed by atoms with Gasteiger partial charge in [0.25, 0.3) is 0 Å². The molecule has 0 aliphatic carbocycles. The molecule has 0 aliphatic heterocycles. The summed E-state index contributed by atoms with van der Waals surface area (Å²) in [6, 6.07) is 9.99. The van der Waals surface area contributed by atoms with E-state index in [-0.39, 0.29) is 11.5 Å². The van der Waals surface area contributed by atoms with E-state index < -0.39 is 0 Å². The van der Waals surface area contributed by atoms with Crippen molar-refractivity contribution in [3.8, 4) is 11.4 Å². The largest absolute Gasteiger partial charge is 0.327 e. The minimum Gasteiger partial charge on any atom is -0.327 e. The first-order valence-electron chi connectivity index (χ1n) is 6.19. The standard InChI is InChI=1S/C14H20N4/c1-14(2,3)11(15)9-12-16-13(18-17-12)10-7-5-4-6-8-10/h4-8,11H,9,15H2,1-3H3,(H,16,17,18). The van der Waals surface area contributed by atoms with Crippen molar-refractivity contribution in [1.29, 1.82) is 0 Å². The van der Waals surface area contributed by atoms with Crippen LogP contribution in [0.3, 0.4) is 0 Å². The van der Waals surface area contributed by atoms with Crippen molar-refractivity contribution in [3.63, 3.8) is 0 Å². The minimum absolute atomic E-state index is 0.0640. The summed E-state index contributed by atoms with van der Waals surface area (Å²) in [6.45, 7) is 6.39. The van der Waals surface area contributed by atoms with Crippen molar-refractivity contribution in [1.82, 2.24) is 15.2 Å². The molecule has 0 bridgehead atoms. The minimum atomic E-state index is 0.0640. The molecule has 96 valence electrons. The predicted molar refractivity (Wildman–Crippen MR) is 73.0 cm³/mol. The Morgan fingerprint density at radius 3 is 2.50 bits per heavy atom. The molecule has 2 rings (SSSR count). The highest BCUT2D eigenvalue weighted by Gasteiger charge is 2.22. The molecule has 0 spiro atoms. The van der Waals surface area contributed by atoms with E-state index >= 15 is 0 Å². The fraction of sp³-hybridized carbons (Fsp3) is 0.429. The maximum Gasteiger partial charge on any atom is 0.181 e. The van der Waals surface area contributed by atoms with Gasteiger partial charge in [-0.2, -0.15) is 5.10 Å². The number of nitrogens with one attached hydrogen (secondary N) is 1. The normalized spacial score (nSPS) is 13.6. The number of hydrogen-bond acceptors (Lipinski definition) is 3. The highest BCUT2D eigenvalue weighted by molar-refractivity contribution is 5.53. The molecule has 0 fully saturated rings. The molecule has 3 N–H and O–H groups in total. The molecular formula is C14H20N4. The molecular weight excluding hydrogens is 224 g/mol. The fourth-order valence-corrected chi connectivity index (χ4v) is 1.62. The average Bonchev–Trinajstić information content (AvgIpc) is 2.77. The highest BCUT2D eigenvalue weighted by atomic mass is 15.2. The number of nitrogens with two attached hydrogens (primary N) is 1. The van der Waals surface area contributed by atoms with E-state index in [0.29, 0.717) is 6.42 Å². The number of hydrogen-bond donors (Lipinski definition) is 2. The van der Waals surface area contributed by atoms with Gasteiger partial charge in [0, 0.05) is 18.0 Å². The first-order chi connectivity index (χ1) is 8.47. The smallest absolute Gasteiger partial charge is 0.181 e. The van der Waals surface area contributed by atoms with Crippen LogP contribution in [-0.4, -0.2) is 21.2 Å². The van der Waals surface area contributed by atoms with Crippen LogP contribution in [0.2, 0.25) is 0 Å². The van der Waals surface area contributed by atoms with Gasteiger partial charge in [0.05, 0.1) is 0 Å². The summed E-state index contributed by atoms with van der Waals surface area (Å²) >= 11 is 0. The predicted octanol–water partition coefficient (Wildman–Crippen LogP) is 2.39. The van der Waals surface area contributed by atoms with Crippen LogP contribution in [-0.2, 0) is 6.42 Å². The summed E-state index contributed by atoms with van der Waals surface area (Å²) in [7, 11) is 0. The molecule has 0 saturated carbocycles. The van der Waals surface area contributed by atoms with Crippen LogP contribution in [0.4, 0.5) is 0 Å². The number of aromatic amines is 1. The van der Waals surface area contributed by atoms with Crippen LogP contribution in [0, 0.1) is 5.41 Å². The Bertz CT molecular complexity index is 496. The van der Waals surface area contributed by atoms with Crippen molar-refractivity contribution < 1.29 is 0 Å². The molecule has 0 radical (unpaired) electrons. The molecule has 1 aromatic heterocycles. The second-order valence-corrected chi connectivity index (χ2v) is 5.65. The van der Waals surface area contributed by atoms with E-state index in [4.69, 9.17) is 5.73 Å². The third-order valence-electron chi connectivity index (χ3n) is 3.09. The second kappa shape index (κ2) is 4.90. The number of nitrogens with zero attached hydrogens (tertiary/aromatic N) is 2. The Morgan fingerprint density at radius 2 is 1.89 bits per heavy atom. The van der Waals surface area contributed by atoms with Gasteiger partial charge in [0.1, 0.15) is 5.82 Å². The Labute approximate surface area is 108 Å². The van der Waals surface area contributed by atoms with Crippen LogP contribution >= 0.6 is 0 Å². The van der Waals surface area contributed by atoms with Crippen molar-refractivity contribution in [2.45, 2.75) is 33.2 Å². The van der Waals surface area contributed by atoms with Gasteiger partial charge in [0.15, 0.2) is 5.82 Å². The van der Waals surface area contributed by atoms with Crippen LogP contribution in [0.25, 0.3) is 11.4 Å². The molecule has 0 amide bonds. The lowest BCUT2D eigenvalue weighted by Gasteiger charge is -2.25. The van der Waals surface area contributed by atoms with E-state index in [1.165, 1.54) is 0 Å². The van der Waals surface area contributed by atoms with Crippen LogP contribution in [0.15, 0.2) is 30.3 Å². The average molecular weight is 244 g/mol. The van der Waals surface area contributed by atoms with Crippen molar-refractivity contribution in [3.05, 3.63) is 36.2 Å². The molecule has 0 aliphatic rings. The third kappa shape index (κ3) is 2.96. The Kier molecular flexibility index (Phi) is 3.48. The van der Waals surface area contributed by atoms with Crippen molar-refractivity contribution in [2.75, 3.05) is 0 Å². The monoisotopic (exact) mass is 244 g/mol. The quantitative estimate of drug-likeness (QED) is 0.871. The van der Waals surface area contributed by atoms with E-state index in [1.54, 1.807) is 0 Å². The van der Waals surface area contributed by atoms with E-state index in [9.17, 15) is 0 Å². The van der Waals surface area contributed by atoms with E-state index in [2.05, 4.69) is 36.0 Å².